The molecule has 0 aliphatic rings. The van der Waals surface area contributed by atoms with Gasteiger partial charge in [-0.1, -0.05) is 18.2 Å². The first-order valence-electron chi connectivity index (χ1n) is 9.52. The number of urea groups is 1. The number of anilines is 1. The molecule has 3 aromatic rings. The predicted molar refractivity (Wildman–Crippen MR) is 114 cm³/mol. The number of hydrogen-bond acceptors (Lipinski definition) is 3. The number of benzene rings is 2. The number of methoxy groups -OCH3 is 1. The third kappa shape index (κ3) is 5.28. The third-order valence-electron chi connectivity index (χ3n) is 4.44. The summed E-state index contributed by atoms with van der Waals surface area (Å²) in [6.07, 6.45) is 2.10. The molecular formula is C22H26N4O3. The summed E-state index contributed by atoms with van der Waals surface area (Å²) in [5.74, 6) is 0.673. The zero-order chi connectivity index (χ0) is 20.8. The van der Waals surface area contributed by atoms with Crippen molar-refractivity contribution in [3.05, 3.63) is 59.8 Å². The lowest BCUT2D eigenvalue weighted by Gasteiger charge is -2.11. The van der Waals surface area contributed by atoms with Gasteiger partial charge in [0.25, 0.3) is 0 Å². The minimum Gasteiger partial charge on any atom is -0.496 e. The molecule has 7 nitrogen and oxygen atoms in total. The number of fused-ring (bicyclic) bond motifs is 1. The maximum atomic E-state index is 12.4. The van der Waals surface area contributed by atoms with Crippen LogP contribution in [0.4, 0.5) is 10.5 Å². The maximum absolute atomic E-state index is 12.4. The number of rotatable bonds is 7. The van der Waals surface area contributed by atoms with Crippen molar-refractivity contribution < 1.29 is 14.3 Å². The lowest BCUT2D eigenvalue weighted by Crippen LogP contribution is -2.34. The number of amides is 3. The van der Waals surface area contributed by atoms with Crippen molar-refractivity contribution in [3.63, 3.8) is 0 Å². The molecule has 1 heterocycles. The van der Waals surface area contributed by atoms with E-state index >= 15 is 0 Å². The average molecular weight is 394 g/mol. The first kappa shape index (κ1) is 20.3. The normalized spacial score (nSPS) is 10.8. The van der Waals surface area contributed by atoms with Crippen LogP contribution in [-0.2, 0) is 17.8 Å². The van der Waals surface area contributed by atoms with Gasteiger partial charge in [-0.2, -0.15) is 0 Å². The Kier molecular flexibility index (Phi) is 6.39. The van der Waals surface area contributed by atoms with Crippen LogP contribution >= 0.6 is 0 Å². The first-order valence-corrected chi connectivity index (χ1v) is 9.52. The molecule has 0 fully saturated rings. The minimum absolute atomic E-state index is 0.0709. The molecule has 152 valence electrons. The Morgan fingerprint density at radius 3 is 2.55 bits per heavy atom. The first-order chi connectivity index (χ1) is 14.0. The zero-order valence-electron chi connectivity index (χ0n) is 16.8. The Labute approximate surface area is 169 Å². The maximum Gasteiger partial charge on any atom is 0.319 e. The summed E-state index contributed by atoms with van der Waals surface area (Å²) in [6.45, 7) is 4.21. The molecule has 4 N–H and O–H groups in total. The highest BCUT2D eigenvalue weighted by atomic mass is 16.5. The van der Waals surface area contributed by atoms with E-state index in [0.29, 0.717) is 12.2 Å². The lowest BCUT2D eigenvalue weighted by atomic mass is 10.1. The van der Waals surface area contributed by atoms with Crippen molar-refractivity contribution >= 4 is 28.5 Å². The van der Waals surface area contributed by atoms with Gasteiger partial charge in [0.15, 0.2) is 0 Å². The Morgan fingerprint density at radius 1 is 1.10 bits per heavy atom. The monoisotopic (exact) mass is 394 g/mol. The van der Waals surface area contributed by atoms with Crippen LogP contribution in [0.5, 0.6) is 5.75 Å². The number of carbonyl (C=O) groups excluding carboxylic acids is 2. The fourth-order valence-electron chi connectivity index (χ4n) is 3.10. The van der Waals surface area contributed by atoms with Crippen molar-refractivity contribution in [2.45, 2.75) is 32.9 Å². The molecule has 0 unspecified atom stereocenters. The van der Waals surface area contributed by atoms with Crippen molar-refractivity contribution in [2.24, 2.45) is 0 Å². The average Bonchev–Trinajstić information content (AvgIpc) is 3.10. The topological polar surface area (TPSA) is 95.2 Å². The molecule has 0 spiro atoms. The third-order valence-corrected chi connectivity index (χ3v) is 4.44. The molecule has 0 aliphatic heterocycles. The van der Waals surface area contributed by atoms with Crippen molar-refractivity contribution in [1.29, 1.82) is 0 Å². The van der Waals surface area contributed by atoms with Gasteiger partial charge in [0, 0.05) is 35.4 Å². The fraction of sp³-hybridized carbons (Fsp3) is 0.273. The Hall–Kier alpha value is -3.48. The molecule has 0 saturated heterocycles. The molecule has 1 aromatic heterocycles. The van der Waals surface area contributed by atoms with E-state index in [1.54, 1.807) is 7.11 Å². The summed E-state index contributed by atoms with van der Waals surface area (Å²) in [5.41, 5.74) is 3.48. The van der Waals surface area contributed by atoms with Crippen LogP contribution < -0.4 is 20.7 Å². The van der Waals surface area contributed by atoms with E-state index in [1.165, 1.54) is 0 Å². The number of H-pyrrole nitrogens is 1. The van der Waals surface area contributed by atoms with E-state index < -0.39 is 0 Å². The van der Waals surface area contributed by atoms with Crippen LogP contribution in [0.25, 0.3) is 10.9 Å². The van der Waals surface area contributed by atoms with Gasteiger partial charge in [0.1, 0.15) is 5.75 Å². The molecule has 0 saturated carbocycles. The zero-order valence-corrected chi connectivity index (χ0v) is 16.8. The number of nitrogens with one attached hydrogen (secondary N) is 4. The van der Waals surface area contributed by atoms with E-state index in [-0.39, 0.29) is 24.4 Å². The van der Waals surface area contributed by atoms with Gasteiger partial charge in [-0.3, -0.25) is 4.79 Å². The second kappa shape index (κ2) is 9.14. The molecule has 3 rings (SSSR count). The summed E-state index contributed by atoms with van der Waals surface area (Å²) >= 11 is 0. The van der Waals surface area contributed by atoms with E-state index in [2.05, 4.69) is 20.9 Å². The van der Waals surface area contributed by atoms with E-state index in [9.17, 15) is 9.59 Å². The van der Waals surface area contributed by atoms with Crippen LogP contribution in [-0.4, -0.2) is 30.1 Å². The smallest absolute Gasteiger partial charge is 0.319 e. The number of aromatic amines is 1. The van der Waals surface area contributed by atoms with Gasteiger partial charge in [-0.05, 0) is 49.2 Å². The fourth-order valence-corrected chi connectivity index (χ4v) is 3.10. The molecule has 0 radical (unpaired) electrons. The van der Waals surface area contributed by atoms with Gasteiger partial charge in [-0.15, -0.1) is 0 Å². The van der Waals surface area contributed by atoms with Crippen LogP contribution in [0.15, 0.2) is 48.7 Å². The van der Waals surface area contributed by atoms with Crippen LogP contribution in [0.3, 0.4) is 0 Å². The van der Waals surface area contributed by atoms with Gasteiger partial charge < -0.3 is 25.7 Å². The Balaban J connectivity index is 1.55. The second-order valence-electron chi connectivity index (χ2n) is 7.10. The van der Waals surface area contributed by atoms with Crippen molar-refractivity contribution in [2.75, 3.05) is 12.4 Å². The molecule has 0 atom stereocenters. The highest BCUT2D eigenvalue weighted by Crippen LogP contribution is 2.28. The summed E-state index contributed by atoms with van der Waals surface area (Å²) < 4.78 is 5.41. The number of aromatic nitrogens is 1. The molecule has 2 aromatic carbocycles. The second-order valence-corrected chi connectivity index (χ2v) is 7.10. The van der Waals surface area contributed by atoms with Gasteiger partial charge in [0.05, 0.1) is 13.5 Å². The molecular weight excluding hydrogens is 368 g/mol. The highest BCUT2D eigenvalue weighted by molar-refractivity contribution is 5.93. The molecule has 0 aliphatic carbocycles. The molecule has 3 amide bonds. The lowest BCUT2D eigenvalue weighted by molar-refractivity contribution is -0.120. The Bertz CT molecular complexity index is 993. The quantitative estimate of drug-likeness (QED) is 0.493. The van der Waals surface area contributed by atoms with E-state index in [1.807, 2.05) is 62.5 Å². The van der Waals surface area contributed by atoms with E-state index in [0.717, 1.165) is 27.8 Å². The number of hydrogen-bond donors (Lipinski definition) is 4. The predicted octanol–water partition coefficient (Wildman–Crippen LogP) is 3.57. The summed E-state index contributed by atoms with van der Waals surface area (Å²) in [4.78, 5) is 27.3. The minimum atomic E-state index is -0.241. The molecule has 7 heteroatoms. The molecule has 0 bridgehead atoms. The van der Waals surface area contributed by atoms with Crippen LogP contribution in [0, 0.1) is 0 Å². The Morgan fingerprint density at radius 2 is 1.86 bits per heavy atom. The van der Waals surface area contributed by atoms with Gasteiger partial charge in [-0.25, -0.2) is 4.79 Å². The SMILES string of the molecule is COc1cccc2[nH]cc(CC(=O)NCc3ccc(NC(=O)NC(C)C)cc3)c12. The van der Waals surface area contributed by atoms with Crippen LogP contribution in [0.2, 0.25) is 0 Å². The summed E-state index contributed by atoms with van der Waals surface area (Å²) in [5, 5.41) is 9.40. The van der Waals surface area contributed by atoms with Crippen molar-refractivity contribution in [1.82, 2.24) is 15.6 Å². The van der Waals surface area contributed by atoms with Crippen LogP contribution in [0.1, 0.15) is 25.0 Å². The number of carbonyl (C=O) groups is 2. The summed E-state index contributed by atoms with van der Waals surface area (Å²) in [7, 11) is 1.62. The highest BCUT2D eigenvalue weighted by Gasteiger charge is 2.12. The van der Waals surface area contributed by atoms with Gasteiger partial charge >= 0.3 is 6.03 Å². The standard InChI is InChI=1S/C22H26N4O3/c1-14(2)25-22(28)26-17-9-7-15(8-10-17)12-24-20(27)11-16-13-23-18-5-4-6-19(29-3)21(16)18/h4-10,13-14,23H,11-12H2,1-3H3,(H,24,27)(H2,25,26,28). The summed E-state index contributed by atoms with van der Waals surface area (Å²) in [6, 6.07) is 13.0. The largest absolute Gasteiger partial charge is 0.496 e. The van der Waals surface area contributed by atoms with Gasteiger partial charge in [0.2, 0.25) is 5.91 Å². The van der Waals surface area contributed by atoms with Crippen molar-refractivity contribution in [3.8, 4) is 5.75 Å². The molecule has 29 heavy (non-hydrogen) atoms. The number of ether oxygens (including phenoxy) is 1. The van der Waals surface area contributed by atoms with E-state index in [4.69, 9.17) is 4.74 Å².